The van der Waals surface area contributed by atoms with E-state index in [9.17, 15) is 0 Å². The van der Waals surface area contributed by atoms with Gasteiger partial charge < -0.3 is 0 Å². The molecule has 0 bridgehead atoms. The number of aliphatic imine (C=N–C) groups is 2. The number of fused-ring (bicyclic) bond motifs is 1. The second-order valence-electron chi connectivity index (χ2n) is 5.80. The molecule has 1 heterocycles. The van der Waals surface area contributed by atoms with Crippen LogP contribution in [0.5, 0.6) is 0 Å². The van der Waals surface area contributed by atoms with Crippen molar-refractivity contribution in [1.29, 1.82) is 0 Å². The van der Waals surface area contributed by atoms with Crippen LogP contribution < -0.4 is 0 Å². The van der Waals surface area contributed by atoms with Crippen LogP contribution in [0.4, 0.5) is 0 Å². The molecule has 2 nitrogen and oxygen atoms in total. The zero-order chi connectivity index (χ0) is 10.9. The lowest BCUT2D eigenvalue weighted by molar-refractivity contribution is 0.230. The Hall–Kier alpha value is -0.660. The molecule has 1 saturated carbocycles. The predicted molar refractivity (Wildman–Crippen MR) is 65.7 cm³/mol. The molecule has 0 saturated heterocycles. The molecule has 2 aliphatic rings. The van der Waals surface area contributed by atoms with Crippen LogP contribution >= 0.6 is 0 Å². The molecule has 0 amide bonds. The molecule has 2 atom stereocenters. The van der Waals surface area contributed by atoms with Gasteiger partial charge >= 0.3 is 0 Å². The highest BCUT2D eigenvalue weighted by atomic mass is 15.0. The topological polar surface area (TPSA) is 24.7 Å². The van der Waals surface area contributed by atoms with Gasteiger partial charge in [0.25, 0.3) is 0 Å². The first kappa shape index (κ1) is 10.8. The Balaban J connectivity index is 2.14. The van der Waals surface area contributed by atoms with Gasteiger partial charge in [0.15, 0.2) is 0 Å². The lowest BCUT2D eigenvalue weighted by atomic mass is 9.74. The van der Waals surface area contributed by atoms with E-state index in [4.69, 9.17) is 4.99 Å². The van der Waals surface area contributed by atoms with Crippen molar-refractivity contribution in [1.82, 2.24) is 0 Å². The fourth-order valence-electron chi connectivity index (χ4n) is 2.79. The summed E-state index contributed by atoms with van der Waals surface area (Å²) < 4.78 is 0. The summed E-state index contributed by atoms with van der Waals surface area (Å²) in [4.78, 5) is 9.08. The first-order valence-electron chi connectivity index (χ1n) is 6.15. The Morgan fingerprint density at radius 2 is 2.13 bits per heavy atom. The van der Waals surface area contributed by atoms with Crippen LogP contribution in [0.2, 0.25) is 0 Å². The van der Waals surface area contributed by atoms with Crippen molar-refractivity contribution in [3.8, 4) is 0 Å². The molecule has 0 aromatic heterocycles. The Morgan fingerprint density at radius 3 is 2.93 bits per heavy atom. The Kier molecular flexibility index (Phi) is 2.94. The minimum atomic E-state index is 0.457. The van der Waals surface area contributed by atoms with Crippen molar-refractivity contribution in [3.63, 3.8) is 0 Å². The highest BCUT2D eigenvalue weighted by molar-refractivity contribution is 5.90. The summed E-state index contributed by atoms with van der Waals surface area (Å²) in [5, 5.41) is 0. The molecule has 0 aromatic rings. The second kappa shape index (κ2) is 4.07. The molecule has 0 N–H and O–H groups in total. The van der Waals surface area contributed by atoms with E-state index >= 15 is 0 Å². The van der Waals surface area contributed by atoms with E-state index < -0.39 is 0 Å². The van der Waals surface area contributed by atoms with E-state index in [2.05, 4.69) is 25.1 Å². The molecular formula is C13H22N2. The normalized spacial score (nSPS) is 35.0. The SMILES string of the molecule is CC1=NC2CC(C)(C)CCCCC2C=N1. The van der Waals surface area contributed by atoms with Crippen LogP contribution in [0.3, 0.4) is 0 Å². The highest BCUT2D eigenvalue weighted by Gasteiger charge is 2.31. The van der Waals surface area contributed by atoms with Gasteiger partial charge in [-0.1, -0.05) is 26.7 Å². The molecule has 0 radical (unpaired) electrons. The predicted octanol–water partition coefficient (Wildman–Crippen LogP) is 3.46. The molecule has 2 heteroatoms. The van der Waals surface area contributed by atoms with Crippen molar-refractivity contribution < 1.29 is 0 Å². The van der Waals surface area contributed by atoms with Gasteiger partial charge in [-0.05, 0) is 31.6 Å². The van der Waals surface area contributed by atoms with Gasteiger partial charge in [0.1, 0.15) is 5.84 Å². The fraction of sp³-hybridized carbons (Fsp3) is 0.846. The maximum Gasteiger partial charge on any atom is 0.120 e. The Bertz CT molecular complexity index is 289. The van der Waals surface area contributed by atoms with Gasteiger partial charge in [-0.3, -0.25) is 4.99 Å². The molecule has 1 fully saturated rings. The summed E-state index contributed by atoms with van der Waals surface area (Å²) in [6, 6.07) is 0.498. The Morgan fingerprint density at radius 1 is 1.33 bits per heavy atom. The number of nitrogens with zero attached hydrogens (tertiary/aromatic N) is 2. The molecule has 1 aliphatic carbocycles. The number of amidine groups is 1. The third-order valence-electron chi connectivity index (χ3n) is 3.70. The first-order chi connectivity index (χ1) is 7.07. The van der Waals surface area contributed by atoms with Gasteiger partial charge in [-0.25, -0.2) is 4.99 Å². The molecule has 15 heavy (non-hydrogen) atoms. The standard InChI is InChI=1S/C13H22N2/c1-10-14-9-11-6-4-5-7-13(2,3)8-12(11)15-10/h9,11-12H,4-8H2,1-3H3. The van der Waals surface area contributed by atoms with Gasteiger partial charge in [0.05, 0.1) is 6.04 Å². The summed E-state index contributed by atoms with van der Waals surface area (Å²) in [6.45, 7) is 6.77. The van der Waals surface area contributed by atoms with E-state index in [0.29, 0.717) is 17.4 Å². The van der Waals surface area contributed by atoms with Crippen LogP contribution in [-0.2, 0) is 0 Å². The third kappa shape index (κ3) is 2.67. The van der Waals surface area contributed by atoms with Crippen LogP contribution in [0.1, 0.15) is 52.9 Å². The molecule has 2 rings (SSSR count). The quantitative estimate of drug-likeness (QED) is 0.580. The van der Waals surface area contributed by atoms with E-state index in [1.54, 1.807) is 0 Å². The van der Waals surface area contributed by atoms with Crippen molar-refractivity contribution in [2.24, 2.45) is 21.3 Å². The van der Waals surface area contributed by atoms with Crippen LogP contribution in [0.25, 0.3) is 0 Å². The first-order valence-corrected chi connectivity index (χ1v) is 6.15. The molecule has 2 unspecified atom stereocenters. The van der Waals surface area contributed by atoms with E-state index in [-0.39, 0.29) is 0 Å². The molecular weight excluding hydrogens is 184 g/mol. The number of rotatable bonds is 0. The smallest absolute Gasteiger partial charge is 0.120 e. The van der Waals surface area contributed by atoms with Crippen LogP contribution in [0, 0.1) is 11.3 Å². The molecule has 84 valence electrons. The van der Waals surface area contributed by atoms with Gasteiger partial charge in [-0.2, -0.15) is 0 Å². The van der Waals surface area contributed by atoms with Gasteiger partial charge in [0, 0.05) is 12.1 Å². The van der Waals surface area contributed by atoms with Crippen molar-refractivity contribution in [2.45, 2.75) is 58.9 Å². The van der Waals surface area contributed by atoms with Crippen molar-refractivity contribution in [2.75, 3.05) is 0 Å². The summed E-state index contributed by atoms with van der Waals surface area (Å²) in [5.41, 5.74) is 0.457. The summed E-state index contributed by atoms with van der Waals surface area (Å²) in [7, 11) is 0. The third-order valence-corrected chi connectivity index (χ3v) is 3.70. The zero-order valence-electron chi connectivity index (χ0n) is 10.2. The van der Waals surface area contributed by atoms with E-state index in [0.717, 1.165) is 5.84 Å². The maximum absolute atomic E-state index is 4.72. The van der Waals surface area contributed by atoms with Gasteiger partial charge in [0.2, 0.25) is 0 Å². The number of hydrogen-bond donors (Lipinski definition) is 0. The monoisotopic (exact) mass is 206 g/mol. The highest BCUT2D eigenvalue weighted by Crippen LogP contribution is 2.36. The number of hydrogen-bond acceptors (Lipinski definition) is 2. The fourth-order valence-corrected chi connectivity index (χ4v) is 2.79. The molecule has 0 spiro atoms. The summed E-state index contributed by atoms with van der Waals surface area (Å²) >= 11 is 0. The molecule has 1 aliphatic heterocycles. The van der Waals surface area contributed by atoms with Crippen LogP contribution in [-0.4, -0.2) is 18.1 Å². The lowest BCUT2D eigenvalue weighted by Gasteiger charge is -2.35. The van der Waals surface area contributed by atoms with Crippen molar-refractivity contribution in [3.05, 3.63) is 0 Å². The van der Waals surface area contributed by atoms with Gasteiger partial charge in [-0.15, -0.1) is 0 Å². The zero-order valence-corrected chi connectivity index (χ0v) is 10.2. The average molecular weight is 206 g/mol. The summed E-state index contributed by atoms with van der Waals surface area (Å²) in [5.74, 6) is 1.57. The van der Waals surface area contributed by atoms with E-state index in [1.807, 2.05) is 6.92 Å². The minimum Gasteiger partial charge on any atom is -0.267 e. The second-order valence-corrected chi connectivity index (χ2v) is 5.80. The average Bonchev–Trinajstić information content (AvgIpc) is 2.12. The lowest BCUT2D eigenvalue weighted by Crippen LogP contribution is -2.32. The minimum absolute atomic E-state index is 0.457. The maximum atomic E-state index is 4.72. The van der Waals surface area contributed by atoms with E-state index in [1.165, 1.54) is 32.1 Å². The van der Waals surface area contributed by atoms with Crippen LogP contribution in [0.15, 0.2) is 9.98 Å². The summed E-state index contributed by atoms with van der Waals surface area (Å²) in [6.07, 6.45) is 8.70. The van der Waals surface area contributed by atoms with Crippen molar-refractivity contribution >= 4 is 12.1 Å². The Labute approximate surface area is 92.9 Å². The largest absolute Gasteiger partial charge is 0.267 e. The molecule has 0 aromatic carbocycles.